The zero-order chi connectivity index (χ0) is 16.9. The van der Waals surface area contributed by atoms with E-state index in [-0.39, 0.29) is 18.1 Å². The summed E-state index contributed by atoms with van der Waals surface area (Å²) in [5, 5.41) is 12.7. The molecule has 1 aliphatic heterocycles. The van der Waals surface area contributed by atoms with Crippen molar-refractivity contribution in [3.63, 3.8) is 0 Å². The topological polar surface area (TPSA) is 78.2 Å². The molecule has 1 fully saturated rings. The highest BCUT2D eigenvalue weighted by Crippen LogP contribution is 2.27. The van der Waals surface area contributed by atoms with Crippen LogP contribution in [0, 0.1) is 17.1 Å². The Bertz CT molecular complexity index is 763. The smallest absolute Gasteiger partial charge is 0.230 e. The van der Waals surface area contributed by atoms with Crippen LogP contribution < -0.4 is 10.2 Å². The Labute approximate surface area is 142 Å². The number of anilines is 2. The van der Waals surface area contributed by atoms with Gasteiger partial charge in [-0.2, -0.15) is 5.26 Å². The maximum Gasteiger partial charge on any atom is 0.230 e. The number of aromatic nitrogens is 1. The van der Waals surface area contributed by atoms with Crippen LogP contribution in [0.3, 0.4) is 0 Å². The maximum atomic E-state index is 12.9. The fourth-order valence-electron chi connectivity index (χ4n) is 2.33. The van der Waals surface area contributed by atoms with Crippen LogP contribution in [-0.2, 0) is 16.0 Å². The fraction of sp³-hybridized carbons (Fsp3) is 0.312. The minimum Gasteiger partial charge on any atom is -0.378 e. The van der Waals surface area contributed by atoms with Crippen LogP contribution in [-0.4, -0.2) is 37.2 Å². The molecule has 1 aromatic carbocycles. The van der Waals surface area contributed by atoms with Crippen LogP contribution in [0.2, 0.25) is 0 Å². The molecule has 2 heterocycles. The average molecular weight is 346 g/mol. The minimum atomic E-state index is -0.366. The molecule has 1 aromatic heterocycles. The number of halogens is 1. The first-order valence-corrected chi connectivity index (χ1v) is 8.25. The second kappa shape index (κ2) is 7.38. The van der Waals surface area contributed by atoms with Crippen molar-refractivity contribution in [1.82, 2.24) is 4.98 Å². The molecule has 1 N–H and O–H groups in total. The number of nitrogens with one attached hydrogen (secondary N) is 1. The maximum absolute atomic E-state index is 12.9. The van der Waals surface area contributed by atoms with Crippen LogP contribution in [0.4, 0.5) is 15.2 Å². The number of ether oxygens (including phenoxy) is 1. The van der Waals surface area contributed by atoms with Crippen LogP contribution >= 0.6 is 11.3 Å². The monoisotopic (exact) mass is 346 g/mol. The molecule has 124 valence electrons. The number of nitrogens with zero attached hydrogens (tertiary/aromatic N) is 3. The van der Waals surface area contributed by atoms with Crippen molar-refractivity contribution in [3.8, 4) is 6.07 Å². The number of hydrogen-bond acceptors (Lipinski definition) is 6. The molecule has 24 heavy (non-hydrogen) atoms. The van der Waals surface area contributed by atoms with E-state index in [9.17, 15) is 14.4 Å². The summed E-state index contributed by atoms with van der Waals surface area (Å²) in [5.41, 5.74) is 0.965. The zero-order valence-corrected chi connectivity index (χ0v) is 13.6. The Morgan fingerprint density at radius 1 is 1.38 bits per heavy atom. The Balaban J connectivity index is 1.69. The van der Waals surface area contributed by atoms with Gasteiger partial charge in [0.15, 0.2) is 5.13 Å². The van der Waals surface area contributed by atoms with Gasteiger partial charge in [0.1, 0.15) is 16.8 Å². The van der Waals surface area contributed by atoms with Crippen LogP contribution in [0.5, 0.6) is 0 Å². The lowest BCUT2D eigenvalue weighted by Gasteiger charge is -2.25. The van der Waals surface area contributed by atoms with E-state index in [4.69, 9.17) is 4.74 Å². The van der Waals surface area contributed by atoms with E-state index in [2.05, 4.69) is 21.3 Å². The minimum absolute atomic E-state index is 0.00110. The fourth-order valence-corrected chi connectivity index (χ4v) is 3.26. The lowest BCUT2D eigenvalue weighted by Crippen LogP contribution is -2.36. The summed E-state index contributed by atoms with van der Waals surface area (Å²) in [6, 6.07) is 7.62. The van der Waals surface area contributed by atoms with E-state index in [1.54, 1.807) is 0 Å². The number of benzene rings is 1. The standard InChI is InChI=1S/C16H15FN4O2S/c17-11-1-3-12(4-2-11)19-15(22)9-13-14(10-18)24-16(20-13)21-5-7-23-8-6-21/h1-4H,5-9H2,(H,19,22). The van der Waals surface area contributed by atoms with Gasteiger partial charge in [-0.1, -0.05) is 11.3 Å². The van der Waals surface area contributed by atoms with Crippen molar-refractivity contribution in [2.75, 3.05) is 36.5 Å². The SMILES string of the molecule is N#Cc1sc(N2CCOCC2)nc1CC(=O)Nc1ccc(F)cc1. The van der Waals surface area contributed by atoms with Gasteiger partial charge in [-0.25, -0.2) is 9.37 Å². The van der Waals surface area contributed by atoms with Gasteiger partial charge >= 0.3 is 0 Å². The Morgan fingerprint density at radius 3 is 2.75 bits per heavy atom. The second-order valence-electron chi connectivity index (χ2n) is 5.22. The summed E-state index contributed by atoms with van der Waals surface area (Å²) in [6.07, 6.45) is 0.00110. The molecule has 0 radical (unpaired) electrons. The van der Waals surface area contributed by atoms with Crippen molar-refractivity contribution in [1.29, 1.82) is 5.26 Å². The number of nitriles is 1. The lowest BCUT2D eigenvalue weighted by molar-refractivity contribution is -0.115. The average Bonchev–Trinajstić information content (AvgIpc) is 3.00. The molecule has 3 rings (SSSR count). The van der Waals surface area contributed by atoms with Crippen LogP contribution in [0.1, 0.15) is 10.6 Å². The third-order valence-corrected chi connectivity index (χ3v) is 4.59. The molecular weight excluding hydrogens is 331 g/mol. The molecule has 2 aromatic rings. The van der Waals surface area contributed by atoms with Gasteiger partial charge in [-0.15, -0.1) is 0 Å². The first-order valence-electron chi connectivity index (χ1n) is 7.43. The van der Waals surface area contributed by atoms with Crippen LogP contribution in [0.15, 0.2) is 24.3 Å². The van der Waals surface area contributed by atoms with E-state index in [1.165, 1.54) is 35.6 Å². The van der Waals surface area contributed by atoms with E-state index < -0.39 is 0 Å². The molecule has 0 saturated carbocycles. The second-order valence-corrected chi connectivity index (χ2v) is 6.19. The molecule has 0 aliphatic carbocycles. The van der Waals surface area contributed by atoms with Crippen LogP contribution in [0.25, 0.3) is 0 Å². The summed E-state index contributed by atoms with van der Waals surface area (Å²) in [5.74, 6) is -0.661. The van der Waals surface area contributed by atoms with E-state index in [0.717, 1.165) is 18.2 Å². The van der Waals surface area contributed by atoms with E-state index >= 15 is 0 Å². The number of carbonyl (C=O) groups excluding carboxylic acids is 1. The summed E-state index contributed by atoms with van der Waals surface area (Å²) < 4.78 is 18.2. The lowest BCUT2D eigenvalue weighted by atomic mass is 10.2. The Kier molecular flexibility index (Phi) is 5.03. The summed E-state index contributed by atoms with van der Waals surface area (Å²) >= 11 is 1.28. The summed E-state index contributed by atoms with van der Waals surface area (Å²) in [6.45, 7) is 2.70. The molecule has 1 saturated heterocycles. The third kappa shape index (κ3) is 3.88. The van der Waals surface area contributed by atoms with Crippen molar-refractivity contribution in [2.24, 2.45) is 0 Å². The number of morpholine rings is 1. The van der Waals surface area contributed by atoms with E-state index in [0.29, 0.717) is 29.5 Å². The number of rotatable bonds is 4. The number of thiazole rings is 1. The van der Waals surface area contributed by atoms with Gasteiger partial charge in [0.25, 0.3) is 0 Å². The quantitative estimate of drug-likeness (QED) is 0.918. The van der Waals surface area contributed by atoms with Gasteiger partial charge in [0.2, 0.25) is 5.91 Å². The van der Waals surface area contributed by atoms with Gasteiger partial charge in [-0.3, -0.25) is 4.79 Å². The predicted octanol–water partition coefficient (Wildman–Crippen LogP) is 2.17. The number of hydrogen-bond donors (Lipinski definition) is 1. The highest BCUT2D eigenvalue weighted by Gasteiger charge is 2.20. The van der Waals surface area contributed by atoms with Crippen molar-refractivity contribution in [2.45, 2.75) is 6.42 Å². The first kappa shape index (κ1) is 16.4. The zero-order valence-electron chi connectivity index (χ0n) is 12.8. The van der Waals surface area contributed by atoms with Gasteiger partial charge in [0, 0.05) is 18.8 Å². The number of carbonyl (C=O) groups is 1. The first-order chi connectivity index (χ1) is 11.7. The molecule has 0 unspecified atom stereocenters. The molecule has 6 nitrogen and oxygen atoms in total. The summed E-state index contributed by atoms with van der Waals surface area (Å²) in [7, 11) is 0. The molecule has 1 aliphatic rings. The highest BCUT2D eigenvalue weighted by atomic mass is 32.1. The third-order valence-electron chi connectivity index (χ3n) is 3.53. The molecular formula is C16H15FN4O2S. The van der Waals surface area contributed by atoms with Gasteiger partial charge in [0.05, 0.1) is 25.3 Å². The number of amides is 1. The van der Waals surface area contributed by atoms with Gasteiger partial charge < -0.3 is 15.0 Å². The highest BCUT2D eigenvalue weighted by molar-refractivity contribution is 7.16. The van der Waals surface area contributed by atoms with Gasteiger partial charge in [-0.05, 0) is 24.3 Å². The van der Waals surface area contributed by atoms with Crippen molar-refractivity contribution < 1.29 is 13.9 Å². The Hall–Kier alpha value is -2.50. The normalized spacial score (nSPS) is 14.2. The molecule has 8 heteroatoms. The predicted molar refractivity (Wildman–Crippen MR) is 88.6 cm³/mol. The van der Waals surface area contributed by atoms with Crippen molar-refractivity contribution >= 4 is 28.1 Å². The largest absolute Gasteiger partial charge is 0.378 e. The van der Waals surface area contributed by atoms with Crippen molar-refractivity contribution in [3.05, 3.63) is 40.7 Å². The molecule has 0 spiro atoms. The molecule has 0 atom stereocenters. The Morgan fingerprint density at radius 2 is 2.08 bits per heavy atom. The molecule has 0 bridgehead atoms. The van der Waals surface area contributed by atoms with E-state index in [1.807, 2.05) is 0 Å². The summed E-state index contributed by atoms with van der Waals surface area (Å²) in [4.78, 5) is 19.1. The molecule has 1 amide bonds.